The van der Waals surface area contributed by atoms with Crippen LogP contribution in [-0.4, -0.2) is 39.3 Å². The van der Waals surface area contributed by atoms with Gasteiger partial charge in [0.25, 0.3) is 0 Å². The number of carbonyl (C=O) groups is 2. The maximum absolute atomic E-state index is 13.5. The lowest BCUT2D eigenvalue weighted by Crippen LogP contribution is -2.47. The second-order valence-corrected chi connectivity index (χ2v) is 11.0. The van der Waals surface area contributed by atoms with Crippen molar-refractivity contribution in [1.29, 1.82) is 0 Å². The van der Waals surface area contributed by atoms with Crippen molar-refractivity contribution in [3.8, 4) is 10.4 Å². The molecular formula is C25H30N4O2S2. The summed E-state index contributed by atoms with van der Waals surface area (Å²) in [5, 5.41) is 3.89. The van der Waals surface area contributed by atoms with Crippen molar-refractivity contribution in [3.63, 3.8) is 0 Å². The number of thiazole rings is 2. The quantitative estimate of drug-likeness (QED) is 0.518. The number of rotatable bonds is 7. The fourth-order valence-corrected chi connectivity index (χ4v) is 6.19. The molecule has 0 radical (unpaired) electrons. The van der Waals surface area contributed by atoms with E-state index in [9.17, 15) is 9.59 Å². The number of likely N-dealkylation sites (tertiary alicyclic amines) is 1. The summed E-state index contributed by atoms with van der Waals surface area (Å²) in [5.74, 6) is -0.254. The zero-order chi connectivity index (χ0) is 23.5. The first kappa shape index (κ1) is 23.6. The molecule has 3 aromatic rings. The molecule has 1 aromatic carbocycles. The Kier molecular flexibility index (Phi) is 7.24. The maximum Gasteiger partial charge on any atom is 0.243 e. The molecule has 1 saturated heterocycles. The number of aromatic nitrogens is 2. The predicted octanol–water partition coefficient (Wildman–Crippen LogP) is 4.93. The van der Waals surface area contributed by atoms with Crippen molar-refractivity contribution in [3.05, 3.63) is 57.1 Å². The molecule has 1 unspecified atom stereocenters. The van der Waals surface area contributed by atoms with Crippen LogP contribution in [0.5, 0.6) is 0 Å². The molecule has 8 heteroatoms. The highest BCUT2D eigenvalue weighted by molar-refractivity contribution is 7.13. The maximum atomic E-state index is 13.5. The molecule has 0 saturated carbocycles. The molecule has 1 aliphatic rings. The summed E-state index contributed by atoms with van der Waals surface area (Å²) in [6.45, 7) is 9.16. The average Bonchev–Trinajstić information content (AvgIpc) is 3.53. The van der Waals surface area contributed by atoms with Gasteiger partial charge in [0.15, 0.2) is 0 Å². The summed E-state index contributed by atoms with van der Waals surface area (Å²) in [7, 11) is 0. The van der Waals surface area contributed by atoms with E-state index in [2.05, 4.69) is 27.4 Å². The molecule has 0 aliphatic carbocycles. The van der Waals surface area contributed by atoms with Gasteiger partial charge in [-0.25, -0.2) is 9.97 Å². The van der Waals surface area contributed by atoms with Crippen molar-refractivity contribution in [2.24, 2.45) is 5.92 Å². The second-order valence-electron chi connectivity index (χ2n) is 8.90. The molecule has 2 amide bonds. The van der Waals surface area contributed by atoms with Crippen LogP contribution in [0, 0.1) is 19.8 Å². The van der Waals surface area contributed by atoms with E-state index in [1.807, 2.05) is 51.5 Å². The van der Waals surface area contributed by atoms with Gasteiger partial charge in [-0.2, -0.15) is 0 Å². The van der Waals surface area contributed by atoms with E-state index in [0.717, 1.165) is 33.1 Å². The molecule has 4 rings (SSSR count). The Morgan fingerprint density at radius 2 is 1.94 bits per heavy atom. The monoisotopic (exact) mass is 482 g/mol. The summed E-state index contributed by atoms with van der Waals surface area (Å²) < 4.78 is 0. The van der Waals surface area contributed by atoms with E-state index in [1.165, 1.54) is 4.88 Å². The molecule has 2 atom stereocenters. The van der Waals surface area contributed by atoms with Crippen LogP contribution in [-0.2, 0) is 16.1 Å². The molecule has 3 heterocycles. The lowest BCUT2D eigenvalue weighted by atomic mass is 9.94. The number of amides is 2. The molecule has 0 spiro atoms. The van der Waals surface area contributed by atoms with Crippen molar-refractivity contribution >= 4 is 34.5 Å². The fraction of sp³-hybridized carbons (Fsp3) is 0.440. The smallest absolute Gasteiger partial charge is 0.243 e. The zero-order valence-electron chi connectivity index (χ0n) is 19.5. The Labute approximate surface area is 203 Å². The lowest BCUT2D eigenvalue weighted by molar-refractivity contribution is -0.140. The number of aryl methyl sites for hydroxylation is 2. The molecule has 33 heavy (non-hydrogen) atoms. The number of nitrogens with one attached hydrogen (secondary N) is 1. The van der Waals surface area contributed by atoms with E-state index >= 15 is 0 Å². The van der Waals surface area contributed by atoms with E-state index in [4.69, 9.17) is 0 Å². The first-order chi connectivity index (χ1) is 15.8. The highest BCUT2D eigenvalue weighted by Crippen LogP contribution is 2.33. The average molecular weight is 483 g/mol. The van der Waals surface area contributed by atoms with Gasteiger partial charge in [-0.15, -0.1) is 22.7 Å². The van der Waals surface area contributed by atoms with Crippen LogP contribution in [0.1, 0.15) is 53.7 Å². The van der Waals surface area contributed by atoms with Gasteiger partial charge < -0.3 is 10.2 Å². The first-order valence-corrected chi connectivity index (χ1v) is 13.0. The Morgan fingerprint density at radius 3 is 2.55 bits per heavy atom. The van der Waals surface area contributed by atoms with Gasteiger partial charge in [0.2, 0.25) is 11.8 Å². The van der Waals surface area contributed by atoms with Crippen LogP contribution >= 0.6 is 22.7 Å². The molecule has 174 valence electrons. The third kappa shape index (κ3) is 5.17. The number of hydrogen-bond acceptors (Lipinski definition) is 6. The summed E-state index contributed by atoms with van der Waals surface area (Å²) >= 11 is 3.20. The van der Waals surface area contributed by atoms with Crippen LogP contribution in [0.25, 0.3) is 10.4 Å². The van der Waals surface area contributed by atoms with Crippen LogP contribution in [0.4, 0.5) is 0 Å². The summed E-state index contributed by atoms with van der Waals surface area (Å²) in [6, 6.07) is 7.78. The van der Waals surface area contributed by atoms with Gasteiger partial charge in [0.05, 0.1) is 22.0 Å². The standard InChI is InChI=1S/C25H30N4O2S2/c1-15(2)21(24-27-12-16(3)33-24)25(31)29-11-5-6-20(29)23(30)26-13-18-7-9-19(10-8-18)22-17(4)28-14-32-22/h7-10,12,14-15,20-21H,5-6,11,13H2,1-4H3,(H,26,30)/t20-,21?/m0/s1. The Balaban J connectivity index is 1.40. The van der Waals surface area contributed by atoms with Gasteiger partial charge in [-0.3, -0.25) is 9.59 Å². The first-order valence-electron chi connectivity index (χ1n) is 11.3. The number of carbonyl (C=O) groups excluding carboxylic acids is 2. The van der Waals surface area contributed by atoms with Gasteiger partial charge >= 0.3 is 0 Å². The minimum Gasteiger partial charge on any atom is -0.350 e. The van der Waals surface area contributed by atoms with Gasteiger partial charge in [-0.1, -0.05) is 38.1 Å². The molecule has 0 bridgehead atoms. The highest BCUT2D eigenvalue weighted by Gasteiger charge is 2.39. The minimum absolute atomic E-state index is 0.0151. The van der Waals surface area contributed by atoms with E-state index in [0.29, 0.717) is 19.5 Å². The van der Waals surface area contributed by atoms with Crippen LogP contribution in [0.3, 0.4) is 0 Å². The Bertz CT molecular complexity index is 1120. The fourth-order valence-electron chi connectivity index (χ4n) is 4.33. The normalized spacial score (nSPS) is 16.9. The zero-order valence-corrected chi connectivity index (χ0v) is 21.1. The minimum atomic E-state index is -0.418. The number of hydrogen-bond donors (Lipinski definition) is 1. The third-order valence-electron chi connectivity index (χ3n) is 6.10. The molecule has 1 fully saturated rings. The van der Waals surface area contributed by atoms with Crippen molar-refractivity contribution < 1.29 is 9.59 Å². The van der Waals surface area contributed by atoms with E-state index in [1.54, 1.807) is 27.6 Å². The second kappa shape index (κ2) is 10.1. The molecular weight excluding hydrogens is 452 g/mol. The highest BCUT2D eigenvalue weighted by atomic mass is 32.1. The molecule has 1 N–H and O–H groups in total. The van der Waals surface area contributed by atoms with Crippen LogP contribution < -0.4 is 5.32 Å². The molecule has 2 aromatic heterocycles. The number of benzene rings is 1. The summed E-state index contributed by atoms with van der Waals surface area (Å²) in [6.07, 6.45) is 3.36. The molecule has 1 aliphatic heterocycles. The third-order valence-corrected chi connectivity index (χ3v) is 8.08. The lowest BCUT2D eigenvalue weighted by Gasteiger charge is -2.29. The van der Waals surface area contributed by atoms with E-state index in [-0.39, 0.29) is 23.7 Å². The predicted molar refractivity (Wildman–Crippen MR) is 133 cm³/mol. The molecule has 6 nitrogen and oxygen atoms in total. The SMILES string of the molecule is Cc1cnc(C(C(=O)N2CCC[C@H]2C(=O)NCc2ccc(-c3scnc3C)cc2)C(C)C)s1. The largest absolute Gasteiger partial charge is 0.350 e. The van der Waals surface area contributed by atoms with Crippen molar-refractivity contribution in [2.45, 2.75) is 59.0 Å². The summed E-state index contributed by atoms with van der Waals surface area (Å²) in [4.78, 5) is 39.3. The number of nitrogens with zero attached hydrogens (tertiary/aromatic N) is 3. The van der Waals surface area contributed by atoms with Crippen LogP contribution in [0.15, 0.2) is 36.0 Å². The van der Waals surface area contributed by atoms with Gasteiger partial charge in [-0.05, 0) is 43.7 Å². The van der Waals surface area contributed by atoms with Gasteiger partial charge in [0.1, 0.15) is 11.0 Å². The summed E-state index contributed by atoms with van der Waals surface area (Å²) in [5.41, 5.74) is 5.05. The Hall–Kier alpha value is -2.58. The van der Waals surface area contributed by atoms with Crippen LogP contribution in [0.2, 0.25) is 0 Å². The van der Waals surface area contributed by atoms with Crippen molar-refractivity contribution in [1.82, 2.24) is 20.2 Å². The topological polar surface area (TPSA) is 75.2 Å². The van der Waals surface area contributed by atoms with Crippen molar-refractivity contribution in [2.75, 3.05) is 6.54 Å². The van der Waals surface area contributed by atoms with E-state index < -0.39 is 6.04 Å². The van der Waals surface area contributed by atoms with Gasteiger partial charge in [0, 0.05) is 24.2 Å². The Morgan fingerprint density at radius 1 is 1.18 bits per heavy atom.